The first-order chi connectivity index (χ1) is 8.12. The van der Waals surface area contributed by atoms with Crippen molar-refractivity contribution in [2.75, 3.05) is 20.5 Å². The Kier molecular flexibility index (Phi) is 11.3. The van der Waals surface area contributed by atoms with E-state index in [0.29, 0.717) is 19.6 Å². The lowest BCUT2D eigenvalue weighted by Crippen LogP contribution is -2.05. The average molecular weight is 233 g/mol. The van der Waals surface area contributed by atoms with E-state index in [4.69, 9.17) is 10.8 Å². The van der Waals surface area contributed by atoms with Crippen LogP contribution in [0, 0.1) is 0 Å². The Morgan fingerprint density at radius 1 is 1.12 bits per heavy atom. The fourth-order valence-electron chi connectivity index (χ4n) is 1.53. The van der Waals surface area contributed by atoms with Gasteiger partial charge in [-0.25, -0.2) is 0 Å². The Bertz CT molecular complexity index is 163. The van der Waals surface area contributed by atoms with E-state index in [1.165, 1.54) is 0 Å². The van der Waals surface area contributed by atoms with Gasteiger partial charge in [-0.1, -0.05) is 39.0 Å². The molecule has 0 aromatic carbocycles. The van der Waals surface area contributed by atoms with E-state index in [2.05, 4.69) is 6.92 Å². The monoisotopic (exact) mass is 233 g/mol. The molecule has 0 radical (unpaired) electrons. The molecule has 0 aliphatic rings. The van der Waals surface area contributed by atoms with Gasteiger partial charge in [0, 0.05) is 13.7 Å². The summed E-state index contributed by atoms with van der Waals surface area (Å²) in [6.45, 7) is 3.18. The van der Waals surface area contributed by atoms with E-state index in [1.54, 1.807) is 7.11 Å². The topological polar surface area (TPSA) is 38.7 Å². The number of aliphatic hydroxyl groups is 1. The zero-order valence-electron chi connectivity index (χ0n) is 11.8. The molecule has 1 N–H and O–H groups in total. The summed E-state index contributed by atoms with van der Waals surface area (Å²) in [5, 5.41) is 9.74. The van der Waals surface area contributed by atoms with E-state index in [-0.39, 0.29) is 0 Å². The van der Waals surface area contributed by atoms with Crippen molar-refractivity contribution < 1.29 is 16.0 Å². The van der Waals surface area contributed by atoms with Gasteiger partial charge in [-0.05, 0) is 19.3 Å². The van der Waals surface area contributed by atoms with Gasteiger partial charge in [-0.3, -0.25) is 0 Å². The van der Waals surface area contributed by atoms with Crippen molar-refractivity contribution in [1.82, 2.24) is 0 Å². The predicted molar refractivity (Wildman–Crippen MR) is 66.4 cm³/mol. The Balaban J connectivity index is 3.26. The number of methoxy groups -OCH3 is 1. The van der Waals surface area contributed by atoms with Crippen LogP contribution >= 0.6 is 0 Å². The van der Waals surface area contributed by atoms with Crippen molar-refractivity contribution in [1.29, 1.82) is 0 Å². The minimum atomic E-state index is -1.21. The van der Waals surface area contributed by atoms with Crippen molar-refractivity contribution in [2.24, 2.45) is 0 Å². The van der Waals surface area contributed by atoms with Crippen LogP contribution < -0.4 is 0 Å². The highest BCUT2D eigenvalue weighted by Crippen LogP contribution is 2.10. The van der Waals surface area contributed by atoms with Gasteiger partial charge in [-0.15, -0.1) is 0 Å². The molecule has 3 nitrogen and oxygen atoms in total. The fraction of sp³-hybridized carbons (Fsp3) is 1.00. The summed E-state index contributed by atoms with van der Waals surface area (Å²) < 4.78 is 17.7. The summed E-state index contributed by atoms with van der Waals surface area (Å²) in [5.41, 5.74) is 0. The number of ether oxygens (including phenoxy) is 2. The molecule has 3 heteroatoms. The Morgan fingerprint density at radius 3 is 2.50 bits per heavy atom. The lowest BCUT2D eigenvalue weighted by molar-refractivity contribution is -0.0316. The molecule has 0 bridgehead atoms. The Hall–Kier alpha value is -0.120. The SMILES string of the molecule is [2H]C(O)(CCCC)CCCCCCOCOC. The lowest BCUT2D eigenvalue weighted by Gasteiger charge is -2.09. The Labute approximate surface area is 102 Å². The molecule has 0 saturated heterocycles. The van der Waals surface area contributed by atoms with E-state index in [1.807, 2.05) is 0 Å². The summed E-state index contributed by atoms with van der Waals surface area (Å²) in [6, 6.07) is 0. The molecule has 0 rings (SSSR count). The van der Waals surface area contributed by atoms with Crippen molar-refractivity contribution in [2.45, 2.75) is 64.4 Å². The van der Waals surface area contributed by atoms with E-state index in [0.717, 1.165) is 45.1 Å². The molecule has 1 unspecified atom stereocenters. The van der Waals surface area contributed by atoms with Gasteiger partial charge in [0.05, 0.1) is 7.45 Å². The van der Waals surface area contributed by atoms with Gasteiger partial charge in [0.1, 0.15) is 6.79 Å². The summed E-state index contributed by atoms with van der Waals surface area (Å²) in [6.07, 6.45) is 6.05. The molecule has 0 aliphatic carbocycles. The maximum Gasteiger partial charge on any atom is 0.146 e. The highest BCUT2D eigenvalue weighted by molar-refractivity contribution is 4.56. The maximum absolute atomic E-state index is 9.74. The maximum atomic E-state index is 9.74. The fourth-order valence-corrected chi connectivity index (χ4v) is 1.53. The second-order valence-electron chi connectivity index (χ2n) is 4.15. The van der Waals surface area contributed by atoms with Crippen LogP contribution in [0.15, 0.2) is 0 Å². The first kappa shape index (κ1) is 13.9. The zero-order valence-corrected chi connectivity index (χ0v) is 10.8. The molecule has 1 atom stereocenters. The normalized spacial score (nSPS) is 15.8. The van der Waals surface area contributed by atoms with Gasteiger partial charge in [0.15, 0.2) is 0 Å². The number of rotatable bonds is 12. The number of hydrogen-bond acceptors (Lipinski definition) is 3. The summed E-state index contributed by atoms with van der Waals surface area (Å²) in [4.78, 5) is 0. The van der Waals surface area contributed by atoms with Crippen LogP contribution in [0.3, 0.4) is 0 Å². The van der Waals surface area contributed by atoms with Crippen molar-refractivity contribution in [3.05, 3.63) is 0 Å². The van der Waals surface area contributed by atoms with Gasteiger partial charge >= 0.3 is 0 Å². The van der Waals surface area contributed by atoms with Gasteiger partial charge in [0.2, 0.25) is 0 Å². The molecule has 0 aromatic rings. The molecule has 0 saturated carbocycles. The molecule has 98 valence electrons. The first-order valence-corrected chi connectivity index (χ1v) is 6.41. The smallest absolute Gasteiger partial charge is 0.146 e. The lowest BCUT2D eigenvalue weighted by atomic mass is 10.0. The quantitative estimate of drug-likeness (QED) is 0.416. The number of hydrogen-bond donors (Lipinski definition) is 1. The van der Waals surface area contributed by atoms with Crippen LogP contribution in [0.4, 0.5) is 0 Å². The van der Waals surface area contributed by atoms with Gasteiger partial charge in [0.25, 0.3) is 0 Å². The largest absolute Gasteiger partial charge is 0.393 e. The molecule has 0 amide bonds. The average Bonchev–Trinajstić information content (AvgIpc) is 2.30. The number of unbranched alkanes of at least 4 members (excludes halogenated alkanes) is 4. The van der Waals surface area contributed by atoms with Crippen LogP contribution in [0.2, 0.25) is 0 Å². The van der Waals surface area contributed by atoms with Crippen molar-refractivity contribution in [3.63, 3.8) is 0 Å². The molecule has 0 aliphatic heterocycles. The second kappa shape index (κ2) is 12.9. The summed E-state index contributed by atoms with van der Waals surface area (Å²) in [5.74, 6) is 0. The van der Waals surface area contributed by atoms with E-state index < -0.39 is 6.08 Å². The summed E-state index contributed by atoms with van der Waals surface area (Å²) in [7, 11) is 1.62. The molecule has 0 heterocycles. The third-order valence-corrected chi connectivity index (χ3v) is 2.52. The van der Waals surface area contributed by atoms with Crippen LogP contribution in [0.5, 0.6) is 0 Å². The van der Waals surface area contributed by atoms with Gasteiger partial charge < -0.3 is 14.6 Å². The molecule has 0 fully saturated rings. The van der Waals surface area contributed by atoms with Gasteiger partial charge in [-0.2, -0.15) is 0 Å². The molecular weight excluding hydrogens is 204 g/mol. The predicted octanol–water partition coefficient (Wildman–Crippen LogP) is 3.11. The first-order valence-electron chi connectivity index (χ1n) is 6.91. The highest BCUT2D eigenvalue weighted by atomic mass is 16.7. The Morgan fingerprint density at radius 2 is 1.81 bits per heavy atom. The van der Waals surface area contributed by atoms with Crippen molar-refractivity contribution in [3.8, 4) is 0 Å². The standard InChI is InChI=1S/C13H28O3/c1-3-4-9-13(14)10-7-5-6-8-11-16-12-15-2/h13-14H,3-12H2,1-2H3/i13D. The molecule has 0 spiro atoms. The minimum absolute atomic E-state index is 0.365. The van der Waals surface area contributed by atoms with Crippen LogP contribution in [0.1, 0.15) is 59.7 Å². The third-order valence-electron chi connectivity index (χ3n) is 2.52. The minimum Gasteiger partial charge on any atom is -0.393 e. The summed E-state index contributed by atoms with van der Waals surface area (Å²) >= 11 is 0. The second-order valence-corrected chi connectivity index (χ2v) is 4.15. The van der Waals surface area contributed by atoms with Crippen molar-refractivity contribution >= 4 is 0 Å². The third kappa shape index (κ3) is 12.0. The van der Waals surface area contributed by atoms with E-state index in [9.17, 15) is 5.11 Å². The highest BCUT2D eigenvalue weighted by Gasteiger charge is 2.02. The molecule has 0 aromatic heterocycles. The van der Waals surface area contributed by atoms with E-state index >= 15 is 0 Å². The molecule has 16 heavy (non-hydrogen) atoms. The molecular formula is C13H28O3. The zero-order chi connectivity index (χ0) is 13.0. The van der Waals surface area contributed by atoms with Crippen LogP contribution in [0.25, 0.3) is 0 Å². The van der Waals surface area contributed by atoms with Crippen LogP contribution in [-0.2, 0) is 9.47 Å². The van der Waals surface area contributed by atoms with Crippen LogP contribution in [-0.4, -0.2) is 31.7 Å².